The van der Waals surface area contributed by atoms with Crippen molar-refractivity contribution in [1.82, 2.24) is 13.7 Å². The van der Waals surface area contributed by atoms with Crippen LogP contribution in [0.1, 0.15) is 17.5 Å². The number of nitrogens with zero attached hydrogens (tertiary/aromatic N) is 2. The Morgan fingerprint density at radius 2 is 2.50 bits per heavy atom. The van der Waals surface area contributed by atoms with E-state index in [2.05, 4.69) is 13.7 Å². The highest BCUT2D eigenvalue weighted by Crippen LogP contribution is 2.17. The summed E-state index contributed by atoms with van der Waals surface area (Å²) in [5.41, 5.74) is 1.32. The predicted octanol–water partition coefficient (Wildman–Crippen LogP) is 0.948. The average molecular weight is 181 g/mol. The number of nitrogens with one attached hydrogen (secondary N) is 1. The molecule has 0 spiro atoms. The molecule has 0 aromatic carbocycles. The number of aromatic nitrogens is 3. The molecule has 0 saturated heterocycles. The predicted molar refractivity (Wildman–Crippen MR) is 44.8 cm³/mol. The zero-order chi connectivity index (χ0) is 8.39. The Hall–Kier alpha value is -1.20. The van der Waals surface area contributed by atoms with Gasteiger partial charge in [0.15, 0.2) is 0 Å². The monoisotopic (exact) mass is 181 g/mol. The van der Waals surface area contributed by atoms with Crippen molar-refractivity contribution >= 4 is 11.7 Å². The fourth-order valence-corrected chi connectivity index (χ4v) is 1.41. The first kappa shape index (κ1) is 7.45. The van der Waals surface area contributed by atoms with Gasteiger partial charge in [-0.3, -0.25) is 0 Å². The lowest BCUT2D eigenvalue weighted by Crippen LogP contribution is -1.99. The Labute approximate surface area is 73.2 Å². The second-order valence-electron chi connectivity index (χ2n) is 2.36. The third kappa shape index (κ3) is 1.24. The van der Waals surface area contributed by atoms with Gasteiger partial charge in [0.25, 0.3) is 0 Å². The molecule has 0 fully saturated rings. The molecule has 0 saturated carbocycles. The maximum absolute atomic E-state index is 9.64. The van der Waals surface area contributed by atoms with Crippen LogP contribution >= 0.6 is 11.7 Å². The molecule has 0 aliphatic carbocycles. The lowest BCUT2D eigenvalue weighted by atomic mass is 10.2. The SMILES string of the molecule is OC(c1cnsn1)c1ccc[nH]1. The van der Waals surface area contributed by atoms with Gasteiger partial charge in [0, 0.05) is 6.20 Å². The number of aromatic amines is 1. The van der Waals surface area contributed by atoms with E-state index in [4.69, 9.17) is 0 Å². The standard InChI is InChI=1S/C7H7N3OS/c11-7(5-2-1-3-8-5)6-4-9-12-10-6/h1-4,7-8,11H. The van der Waals surface area contributed by atoms with Crippen LogP contribution in [-0.4, -0.2) is 18.8 Å². The molecule has 0 aliphatic rings. The van der Waals surface area contributed by atoms with Gasteiger partial charge in [0.05, 0.1) is 23.6 Å². The second-order valence-corrected chi connectivity index (χ2v) is 2.92. The minimum atomic E-state index is -0.682. The van der Waals surface area contributed by atoms with E-state index in [0.29, 0.717) is 5.69 Å². The van der Waals surface area contributed by atoms with E-state index in [1.807, 2.05) is 12.1 Å². The zero-order valence-electron chi connectivity index (χ0n) is 6.14. The molecule has 0 bridgehead atoms. The molecular weight excluding hydrogens is 174 g/mol. The van der Waals surface area contributed by atoms with E-state index in [9.17, 15) is 5.11 Å². The highest BCUT2D eigenvalue weighted by molar-refractivity contribution is 6.99. The summed E-state index contributed by atoms with van der Waals surface area (Å²) in [4.78, 5) is 2.91. The summed E-state index contributed by atoms with van der Waals surface area (Å²) >= 11 is 1.09. The number of aliphatic hydroxyl groups excluding tert-OH is 1. The minimum absolute atomic E-state index is 0.586. The van der Waals surface area contributed by atoms with Crippen molar-refractivity contribution in [2.45, 2.75) is 6.10 Å². The zero-order valence-corrected chi connectivity index (χ0v) is 6.95. The summed E-state index contributed by atoms with van der Waals surface area (Å²) < 4.78 is 7.74. The van der Waals surface area contributed by atoms with Crippen LogP contribution in [0.3, 0.4) is 0 Å². The number of rotatable bonds is 2. The van der Waals surface area contributed by atoms with Crippen LogP contribution < -0.4 is 0 Å². The number of hydrogen-bond donors (Lipinski definition) is 2. The molecule has 4 nitrogen and oxygen atoms in total. The maximum Gasteiger partial charge on any atom is 0.138 e. The van der Waals surface area contributed by atoms with Gasteiger partial charge >= 0.3 is 0 Å². The second kappa shape index (κ2) is 3.04. The van der Waals surface area contributed by atoms with Crippen LogP contribution in [0, 0.1) is 0 Å². The summed E-state index contributed by atoms with van der Waals surface area (Å²) in [6.45, 7) is 0. The smallest absolute Gasteiger partial charge is 0.138 e. The van der Waals surface area contributed by atoms with Crippen molar-refractivity contribution in [3.8, 4) is 0 Å². The third-order valence-corrected chi connectivity index (χ3v) is 2.07. The molecule has 5 heteroatoms. The molecule has 2 rings (SSSR count). The molecule has 2 heterocycles. The van der Waals surface area contributed by atoms with Crippen molar-refractivity contribution in [2.75, 3.05) is 0 Å². The van der Waals surface area contributed by atoms with Crippen LogP contribution in [-0.2, 0) is 0 Å². The van der Waals surface area contributed by atoms with E-state index in [-0.39, 0.29) is 0 Å². The first-order chi connectivity index (χ1) is 5.88. The highest BCUT2D eigenvalue weighted by atomic mass is 32.1. The summed E-state index contributed by atoms with van der Waals surface area (Å²) in [7, 11) is 0. The molecule has 1 atom stereocenters. The van der Waals surface area contributed by atoms with Gasteiger partial charge in [-0.2, -0.15) is 8.75 Å². The number of hydrogen-bond acceptors (Lipinski definition) is 4. The van der Waals surface area contributed by atoms with Crippen molar-refractivity contribution in [1.29, 1.82) is 0 Å². The van der Waals surface area contributed by atoms with Gasteiger partial charge in [0.1, 0.15) is 11.8 Å². The van der Waals surface area contributed by atoms with Crippen LogP contribution in [0.15, 0.2) is 24.5 Å². The molecule has 62 valence electrons. The largest absolute Gasteiger partial charge is 0.380 e. The maximum atomic E-state index is 9.64. The van der Waals surface area contributed by atoms with Gasteiger partial charge in [-0.15, -0.1) is 0 Å². The Kier molecular flexibility index (Phi) is 1.89. The number of H-pyrrole nitrogens is 1. The van der Waals surface area contributed by atoms with Gasteiger partial charge < -0.3 is 10.1 Å². The molecule has 0 aliphatic heterocycles. The third-order valence-electron chi connectivity index (χ3n) is 1.58. The Balaban J connectivity index is 2.27. The lowest BCUT2D eigenvalue weighted by molar-refractivity contribution is 0.212. The summed E-state index contributed by atoms with van der Waals surface area (Å²) in [5.74, 6) is 0. The normalized spacial score (nSPS) is 13.1. The Morgan fingerprint density at radius 1 is 1.58 bits per heavy atom. The van der Waals surface area contributed by atoms with E-state index >= 15 is 0 Å². The van der Waals surface area contributed by atoms with Crippen LogP contribution in [0.5, 0.6) is 0 Å². The van der Waals surface area contributed by atoms with Crippen molar-refractivity contribution in [3.05, 3.63) is 35.9 Å². The van der Waals surface area contributed by atoms with Crippen LogP contribution in [0.25, 0.3) is 0 Å². The van der Waals surface area contributed by atoms with Gasteiger partial charge in [0.2, 0.25) is 0 Å². The van der Waals surface area contributed by atoms with E-state index in [1.54, 1.807) is 12.4 Å². The van der Waals surface area contributed by atoms with Crippen molar-refractivity contribution in [2.24, 2.45) is 0 Å². The van der Waals surface area contributed by atoms with Crippen LogP contribution in [0.2, 0.25) is 0 Å². The molecule has 2 aromatic heterocycles. The average Bonchev–Trinajstić information content (AvgIpc) is 2.77. The van der Waals surface area contributed by atoms with Gasteiger partial charge in [-0.25, -0.2) is 0 Å². The van der Waals surface area contributed by atoms with Crippen LogP contribution in [0.4, 0.5) is 0 Å². The Morgan fingerprint density at radius 3 is 3.08 bits per heavy atom. The van der Waals surface area contributed by atoms with Crippen molar-refractivity contribution < 1.29 is 5.11 Å². The fourth-order valence-electron chi connectivity index (χ4n) is 0.966. The van der Waals surface area contributed by atoms with Gasteiger partial charge in [-0.05, 0) is 12.1 Å². The lowest BCUT2D eigenvalue weighted by Gasteiger charge is -2.02. The van der Waals surface area contributed by atoms with Gasteiger partial charge in [-0.1, -0.05) is 0 Å². The molecule has 2 aromatic rings. The molecule has 0 radical (unpaired) electrons. The van der Waals surface area contributed by atoms with Crippen molar-refractivity contribution in [3.63, 3.8) is 0 Å². The molecule has 12 heavy (non-hydrogen) atoms. The van der Waals surface area contributed by atoms with E-state index in [0.717, 1.165) is 17.4 Å². The first-order valence-electron chi connectivity index (χ1n) is 3.47. The topological polar surface area (TPSA) is 61.8 Å². The summed E-state index contributed by atoms with van der Waals surface area (Å²) in [6, 6.07) is 3.64. The quantitative estimate of drug-likeness (QED) is 0.725. The highest BCUT2D eigenvalue weighted by Gasteiger charge is 2.12. The summed E-state index contributed by atoms with van der Waals surface area (Å²) in [6.07, 6.45) is 2.65. The first-order valence-corrected chi connectivity index (χ1v) is 4.20. The van der Waals surface area contributed by atoms with E-state index < -0.39 is 6.10 Å². The molecule has 0 amide bonds. The fraction of sp³-hybridized carbons (Fsp3) is 0.143. The molecular formula is C7H7N3OS. The van der Waals surface area contributed by atoms with E-state index in [1.165, 1.54) is 0 Å². The molecule has 1 unspecified atom stereocenters. The molecule has 2 N–H and O–H groups in total. The Bertz CT molecular complexity index is 295. The minimum Gasteiger partial charge on any atom is -0.380 e. The number of aliphatic hydroxyl groups is 1. The summed E-state index contributed by atoms with van der Waals surface area (Å²) in [5, 5.41) is 9.64.